The van der Waals surface area contributed by atoms with E-state index in [-0.39, 0.29) is 0 Å². The Kier molecular flexibility index (Phi) is 6.08. The largest absolute Gasteiger partial charge is 0.348 e. The van der Waals surface area contributed by atoms with E-state index in [2.05, 4.69) is 35.9 Å². The van der Waals surface area contributed by atoms with Crippen LogP contribution in [-0.2, 0) is 13.1 Å². The van der Waals surface area contributed by atoms with Gasteiger partial charge in [0.15, 0.2) is 0 Å². The average Bonchev–Trinajstić information content (AvgIpc) is 3.10. The minimum absolute atomic E-state index is 0.783. The molecule has 0 aliphatic heterocycles. The Labute approximate surface area is 112 Å². The molecule has 7 heteroatoms. The van der Waals surface area contributed by atoms with Crippen molar-refractivity contribution in [2.24, 2.45) is 0 Å². The van der Waals surface area contributed by atoms with Gasteiger partial charge in [0.05, 0.1) is 13.1 Å². The number of nitrogens with zero attached hydrogens (tertiary/aromatic N) is 2. The van der Waals surface area contributed by atoms with Gasteiger partial charge in [-0.2, -0.15) is 0 Å². The Morgan fingerprint density at radius 3 is 1.63 bits per heavy atom. The highest BCUT2D eigenvalue weighted by molar-refractivity contribution is 4.86. The molecule has 0 saturated carbocycles. The Bertz CT molecular complexity index is 369. The van der Waals surface area contributed by atoms with Crippen LogP contribution < -0.4 is 16.0 Å². The van der Waals surface area contributed by atoms with E-state index in [4.69, 9.17) is 0 Å². The molecule has 0 spiro atoms. The van der Waals surface area contributed by atoms with Gasteiger partial charge >= 0.3 is 0 Å². The molecule has 0 unspecified atom stereocenters. The molecule has 0 fully saturated rings. The van der Waals surface area contributed by atoms with Crippen molar-refractivity contribution in [3.8, 4) is 0 Å². The van der Waals surface area contributed by atoms with Crippen LogP contribution in [0.15, 0.2) is 24.8 Å². The van der Waals surface area contributed by atoms with E-state index >= 15 is 0 Å². The zero-order valence-electron chi connectivity index (χ0n) is 10.9. The van der Waals surface area contributed by atoms with Crippen molar-refractivity contribution < 1.29 is 0 Å². The van der Waals surface area contributed by atoms with E-state index in [0.717, 1.165) is 50.9 Å². The van der Waals surface area contributed by atoms with E-state index in [1.807, 2.05) is 12.4 Å². The third kappa shape index (κ3) is 5.64. The number of hydrogen-bond donors (Lipinski definition) is 5. The molecule has 2 rings (SSSR count). The molecule has 2 aromatic rings. The van der Waals surface area contributed by atoms with Gasteiger partial charge < -0.3 is 25.9 Å². The summed E-state index contributed by atoms with van der Waals surface area (Å²) in [5.41, 5.74) is 0. The van der Waals surface area contributed by atoms with Gasteiger partial charge in [-0.1, -0.05) is 0 Å². The molecule has 0 aromatic carbocycles. The van der Waals surface area contributed by atoms with Crippen LogP contribution in [0.3, 0.4) is 0 Å². The van der Waals surface area contributed by atoms with Gasteiger partial charge in [0.1, 0.15) is 11.6 Å². The van der Waals surface area contributed by atoms with E-state index in [0.29, 0.717) is 0 Å². The Morgan fingerprint density at radius 2 is 1.21 bits per heavy atom. The Balaban J connectivity index is 1.36. The maximum Gasteiger partial charge on any atom is 0.120 e. The van der Waals surface area contributed by atoms with Crippen molar-refractivity contribution >= 4 is 0 Å². The summed E-state index contributed by atoms with van der Waals surface area (Å²) < 4.78 is 0. The van der Waals surface area contributed by atoms with Gasteiger partial charge in [0, 0.05) is 51.0 Å². The van der Waals surface area contributed by atoms with Crippen LogP contribution in [0, 0.1) is 0 Å². The summed E-state index contributed by atoms with van der Waals surface area (Å²) in [4.78, 5) is 14.4. The average molecular weight is 263 g/mol. The number of aromatic nitrogens is 4. The molecule has 5 N–H and O–H groups in total. The highest BCUT2D eigenvalue weighted by Crippen LogP contribution is 1.86. The predicted molar refractivity (Wildman–Crippen MR) is 73.5 cm³/mol. The predicted octanol–water partition coefficient (Wildman–Crippen LogP) is -0.398. The van der Waals surface area contributed by atoms with Gasteiger partial charge in [-0.15, -0.1) is 0 Å². The number of imidazole rings is 2. The van der Waals surface area contributed by atoms with Crippen LogP contribution in [0.2, 0.25) is 0 Å². The van der Waals surface area contributed by atoms with Crippen molar-refractivity contribution in [1.29, 1.82) is 0 Å². The topological polar surface area (TPSA) is 93.5 Å². The summed E-state index contributed by atoms with van der Waals surface area (Å²) in [7, 11) is 0. The van der Waals surface area contributed by atoms with Crippen LogP contribution in [0.5, 0.6) is 0 Å². The summed E-state index contributed by atoms with van der Waals surface area (Å²) in [5.74, 6) is 1.94. The number of hydrogen-bond acceptors (Lipinski definition) is 5. The second-order valence-corrected chi connectivity index (χ2v) is 4.18. The van der Waals surface area contributed by atoms with Gasteiger partial charge in [0.25, 0.3) is 0 Å². The van der Waals surface area contributed by atoms with Crippen molar-refractivity contribution in [1.82, 2.24) is 35.9 Å². The molecule has 0 aliphatic carbocycles. The molecule has 0 atom stereocenters. The quantitative estimate of drug-likeness (QED) is 0.376. The van der Waals surface area contributed by atoms with Crippen LogP contribution in [0.4, 0.5) is 0 Å². The molecule has 0 radical (unpaired) electrons. The van der Waals surface area contributed by atoms with Crippen LogP contribution in [0.1, 0.15) is 11.6 Å². The van der Waals surface area contributed by atoms with Crippen molar-refractivity contribution in [3.05, 3.63) is 36.4 Å². The molecule has 2 heterocycles. The van der Waals surface area contributed by atoms with E-state index in [9.17, 15) is 0 Å². The summed E-state index contributed by atoms with van der Waals surface area (Å²) in [6, 6.07) is 0. The van der Waals surface area contributed by atoms with Crippen LogP contribution in [-0.4, -0.2) is 46.1 Å². The Morgan fingerprint density at radius 1 is 0.737 bits per heavy atom. The minimum atomic E-state index is 0.783. The molecular weight excluding hydrogens is 242 g/mol. The van der Waals surface area contributed by atoms with Gasteiger partial charge in [0.2, 0.25) is 0 Å². The number of rotatable bonds is 10. The molecular formula is C12H21N7. The smallest absolute Gasteiger partial charge is 0.120 e. The Hall–Kier alpha value is -1.70. The molecule has 19 heavy (non-hydrogen) atoms. The lowest BCUT2D eigenvalue weighted by Gasteiger charge is -2.06. The first-order valence-corrected chi connectivity index (χ1v) is 6.54. The van der Waals surface area contributed by atoms with Gasteiger partial charge in [-0.25, -0.2) is 9.97 Å². The SMILES string of the molecule is c1c[nH]c(CNCCNCCNCc2ncc[nH]2)n1. The van der Waals surface area contributed by atoms with Crippen molar-refractivity contribution in [3.63, 3.8) is 0 Å². The first-order chi connectivity index (χ1) is 9.45. The van der Waals surface area contributed by atoms with E-state index < -0.39 is 0 Å². The second-order valence-electron chi connectivity index (χ2n) is 4.18. The fraction of sp³-hybridized carbons (Fsp3) is 0.500. The molecule has 0 aliphatic rings. The van der Waals surface area contributed by atoms with Crippen molar-refractivity contribution in [2.75, 3.05) is 26.2 Å². The second kappa shape index (κ2) is 8.41. The minimum Gasteiger partial charge on any atom is -0.348 e. The standard InChI is InChI=1S/C12H21N7/c1(3-14-9-11-16-5-6-17-11)13-2-4-15-10-12-18-7-8-19-12/h5-8,13-15H,1-4,9-10H2,(H,16,17)(H,18,19). The van der Waals surface area contributed by atoms with Crippen molar-refractivity contribution in [2.45, 2.75) is 13.1 Å². The third-order valence-electron chi connectivity index (χ3n) is 2.65. The lowest BCUT2D eigenvalue weighted by Crippen LogP contribution is -2.32. The van der Waals surface area contributed by atoms with Crippen LogP contribution >= 0.6 is 0 Å². The molecule has 0 saturated heterocycles. The summed E-state index contributed by atoms with van der Waals surface area (Å²) in [6.45, 7) is 5.32. The highest BCUT2D eigenvalue weighted by Gasteiger charge is 1.94. The normalized spacial score (nSPS) is 10.9. The molecule has 0 amide bonds. The highest BCUT2D eigenvalue weighted by atomic mass is 15.0. The van der Waals surface area contributed by atoms with Crippen LogP contribution in [0.25, 0.3) is 0 Å². The monoisotopic (exact) mass is 263 g/mol. The number of H-pyrrole nitrogens is 2. The summed E-state index contributed by atoms with van der Waals surface area (Å²) in [6.07, 6.45) is 7.19. The molecule has 7 nitrogen and oxygen atoms in total. The number of nitrogens with one attached hydrogen (secondary N) is 5. The fourth-order valence-electron chi connectivity index (χ4n) is 1.68. The fourth-order valence-corrected chi connectivity index (χ4v) is 1.68. The lowest BCUT2D eigenvalue weighted by atomic mass is 10.5. The molecule has 0 bridgehead atoms. The first kappa shape index (κ1) is 13.7. The zero-order chi connectivity index (χ0) is 13.2. The third-order valence-corrected chi connectivity index (χ3v) is 2.65. The molecule has 104 valence electrons. The van der Waals surface area contributed by atoms with Gasteiger partial charge in [-0.05, 0) is 0 Å². The molecule has 2 aromatic heterocycles. The summed E-state index contributed by atoms with van der Waals surface area (Å²) in [5, 5.41) is 9.98. The number of aromatic amines is 2. The van der Waals surface area contributed by atoms with Gasteiger partial charge in [-0.3, -0.25) is 0 Å². The van der Waals surface area contributed by atoms with E-state index in [1.54, 1.807) is 12.4 Å². The zero-order valence-corrected chi connectivity index (χ0v) is 10.9. The lowest BCUT2D eigenvalue weighted by molar-refractivity contribution is 0.571. The maximum absolute atomic E-state index is 4.14. The summed E-state index contributed by atoms with van der Waals surface area (Å²) >= 11 is 0. The first-order valence-electron chi connectivity index (χ1n) is 6.54. The maximum atomic E-state index is 4.14. The van der Waals surface area contributed by atoms with E-state index in [1.165, 1.54) is 0 Å².